The number of rotatable bonds is 6. The zero-order valence-electron chi connectivity index (χ0n) is 24.2. The molecule has 0 bridgehead atoms. The quantitative estimate of drug-likeness (QED) is 0.298. The first-order valence-corrected chi connectivity index (χ1v) is 14.2. The number of carbonyl (C=O) groups is 1. The predicted octanol–water partition coefficient (Wildman–Crippen LogP) is 5.24. The number of anilines is 3. The van der Waals surface area contributed by atoms with Crippen LogP contribution in [0.4, 0.5) is 21.7 Å². The van der Waals surface area contributed by atoms with Gasteiger partial charge in [0.05, 0.1) is 27.5 Å². The molecule has 4 heterocycles. The number of pyridine rings is 2. The third-order valence-electron chi connectivity index (χ3n) is 7.49. The van der Waals surface area contributed by atoms with Crippen LogP contribution in [0, 0.1) is 24.1 Å². The van der Waals surface area contributed by atoms with Crippen molar-refractivity contribution in [1.29, 1.82) is 5.26 Å². The van der Waals surface area contributed by atoms with Crippen LogP contribution >= 0.6 is 11.6 Å². The normalized spacial score (nSPS) is 15.1. The minimum absolute atomic E-state index is 0.0256. The van der Waals surface area contributed by atoms with Crippen molar-refractivity contribution < 1.29 is 9.18 Å². The molecule has 1 aliphatic heterocycles. The Labute approximate surface area is 253 Å². The van der Waals surface area contributed by atoms with Crippen molar-refractivity contribution in [3.63, 3.8) is 0 Å². The molecule has 5 rings (SSSR count). The van der Waals surface area contributed by atoms with Crippen LogP contribution < -0.4 is 15.9 Å². The summed E-state index contributed by atoms with van der Waals surface area (Å²) in [6.45, 7) is 12.6. The van der Waals surface area contributed by atoms with Gasteiger partial charge in [0.1, 0.15) is 23.3 Å². The standard InChI is InChI=1S/C31H30ClFN8O2/c1-6-25(42)39-12-13-40(19(5)16-39)29-20-14-22(32)28(36-24-9-7-8-23(33)21(24)15-34)37-30(20)41(31(43)38-29)27-18(4)10-11-35-26(27)17(2)3/h6-11,14,17,19H,1,12-13,16H2,2-5H3,(H,36,37)/t19-/m0/s1. The molecule has 0 unspecified atom stereocenters. The van der Waals surface area contributed by atoms with Gasteiger partial charge in [0.15, 0.2) is 11.5 Å². The number of halogens is 2. The molecule has 0 saturated carbocycles. The fourth-order valence-corrected chi connectivity index (χ4v) is 5.57. The first-order valence-electron chi connectivity index (χ1n) is 13.8. The van der Waals surface area contributed by atoms with Gasteiger partial charge < -0.3 is 15.1 Å². The van der Waals surface area contributed by atoms with E-state index in [2.05, 4.69) is 21.9 Å². The number of nitrogens with one attached hydrogen (secondary N) is 1. The first-order chi connectivity index (χ1) is 20.5. The molecule has 220 valence electrons. The van der Waals surface area contributed by atoms with Crippen LogP contribution in [0.25, 0.3) is 16.7 Å². The number of benzene rings is 1. The van der Waals surface area contributed by atoms with Crippen molar-refractivity contribution in [3.05, 3.63) is 87.3 Å². The van der Waals surface area contributed by atoms with Crippen molar-refractivity contribution in [2.75, 3.05) is 29.9 Å². The molecule has 1 aromatic carbocycles. The van der Waals surface area contributed by atoms with Crippen LogP contribution in [-0.4, -0.2) is 56.0 Å². The summed E-state index contributed by atoms with van der Waals surface area (Å²) in [4.78, 5) is 43.8. The highest BCUT2D eigenvalue weighted by Gasteiger charge is 2.30. The van der Waals surface area contributed by atoms with E-state index in [0.717, 1.165) is 5.56 Å². The topological polar surface area (TPSA) is 120 Å². The predicted molar refractivity (Wildman–Crippen MR) is 165 cm³/mol. The lowest BCUT2D eigenvalue weighted by Gasteiger charge is -2.40. The van der Waals surface area contributed by atoms with Crippen molar-refractivity contribution in [3.8, 4) is 11.8 Å². The number of aromatic nitrogens is 4. The summed E-state index contributed by atoms with van der Waals surface area (Å²) >= 11 is 6.76. The minimum Gasteiger partial charge on any atom is -0.350 e. The van der Waals surface area contributed by atoms with E-state index in [-0.39, 0.29) is 45.6 Å². The van der Waals surface area contributed by atoms with Crippen molar-refractivity contribution in [2.45, 2.75) is 39.7 Å². The van der Waals surface area contributed by atoms with E-state index < -0.39 is 11.5 Å². The van der Waals surface area contributed by atoms with Gasteiger partial charge >= 0.3 is 5.69 Å². The molecule has 10 nitrogen and oxygen atoms in total. The molecule has 0 radical (unpaired) electrons. The first kappa shape index (κ1) is 29.7. The maximum Gasteiger partial charge on any atom is 0.355 e. The second-order valence-electron chi connectivity index (χ2n) is 10.7. The third-order valence-corrected chi connectivity index (χ3v) is 7.78. The van der Waals surface area contributed by atoms with E-state index in [1.807, 2.05) is 44.7 Å². The van der Waals surface area contributed by atoms with E-state index in [0.29, 0.717) is 42.2 Å². The van der Waals surface area contributed by atoms with Crippen molar-refractivity contribution >= 4 is 45.9 Å². The molecule has 1 aliphatic rings. The highest BCUT2D eigenvalue weighted by atomic mass is 35.5. The number of aryl methyl sites for hydroxylation is 1. The molecular formula is C31H30ClFN8O2. The lowest BCUT2D eigenvalue weighted by atomic mass is 10.0. The maximum absolute atomic E-state index is 14.4. The Kier molecular flexibility index (Phi) is 8.15. The van der Waals surface area contributed by atoms with Gasteiger partial charge in [0.2, 0.25) is 5.91 Å². The molecule has 4 aromatic rings. The summed E-state index contributed by atoms with van der Waals surface area (Å²) in [7, 11) is 0. The molecule has 1 N–H and O–H groups in total. The van der Waals surface area contributed by atoms with Gasteiger partial charge in [-0.1, -0.05) is 38.1 Å². The van der Waals surface area contributed by atoms with E-state index >= 15 is 0 Å². The van der Waals surface area contributed by atoms with E-state index in [1.165, 1.54) is 22.8 Å². The lowest BCUT2D eigenvalue weighted by Crippen LogP contribution is -2.54. The Morgan fingerprint density at radius 1 is 1.28 bits per heavy atom. The Morgan fingerprint density at radius 2 is 2.05 bits per heavy atom. The summed E-state index contributed by atoms with van der Waals surface area (Å²) in [6, 6.07) is 9.36. The van der Waals surface area contributed by atoms with Gasteiger partial charge in [-0.15, -0.1) is 0 Å². The SMILES string of the molecule is C=CC(=O)N1CCN(c2nc(=O)n(-c3c(C)ccnc3C(C)C)c3nc(Nc4cccc(F)c4C#N)c(Cl)cc23)[C@@H](C)C1. The summed E-state index contributed by atoms with van der Waals surface area (Å²) in [5.74, 6) is -0.372. The molecule has 1 amide bonds. The molecule has 0 aliphatic carbocycles. The number of amides is 1. The third kappa shape index (κ3) is 5.42. The molecule has 1 atom stereocenters. The van der Waals surface area contributed by atoms with Crippen LogP contribution in [0.2, 0.25) is 5.02 Å². The van der Waals surface area contributed by atoms with Crippen LogP contribution in [0.3, 0.4) is 0 Å². The summed E-state index contributed by atoms with van der Waals surface area (Å²) in [5.41, 5.74) is 1.71. The largest absolute Gasteiger partial charge is 0.355 e. The minimum atomic E-state index is -0.691. The van der Waals surface area contributed by atoms with Crippen LogP contribution in [0.15, 0.2) is 54.0 Å². The highest BCUT2D eigenvalue weighted by molar-refractivity contribution is 6.34. The zero-order chi connectivity index (χ0) is 31.0. The number of hydrogen-bond donors (Lipinski definition) is 1. The fourth-order valence-electron chi connectivity index (χ4n) is 5.37. The van der Waals surface area contributed by atoms with Gasteiger partial charge in [-0.05, 0) is 55.7 Å². The number of nitrogens with zero attached hydrogens (tertiary/aromatic N) is 7. The second-order valence-corrected chi connectivity index (χ2v) is 11.1. The smallest absolute Gasteiger partial charge is 0.350 e. The van der Waals surface area contributed by atoms with Crippen LogP contribution in [0.1, 0.15) is 43.5 Å². The van der Waals surface area contributed by atoms with Gasteiger partial charge in [0.25, 0.3) is 0 Å². The summed E-state index contributed by atoms with van der Waals surface area (Å²) in [6.07, 6.45) is 2.98. The van der Waals surface area contributed by atoms with Crippen LogP contribution in [-0.2, 0) is 4.79 Å². The van der Waals surface area contributed by atoms with Gasteiger partial charge in [-0.3, -0.25) is 9.78 Å². The number of piperazine rings is 1. The van der Waals surface area contributed by atoms with Gasteiger partial charge in [-0.2, -0.15) is 10.2 Å². The van der Waals surface area contributed by atoms with Crippen molar-refractivity contribution in [2.24, 2.45) is 0 Å². The van der Waals surface area contributed by atoms with Gasteiger partial charge in [0, 0.05) is 31.9 Å². The maximum atomic E-state index is 14.4. The average molecular weight is 601 g/mol. The summed E-state index contributed by atoms with van der Waals surface area (Å²) < 4.78 is 15.8. The Hall–Kier alpha value is -4.82. The molecule has 43 heavy (non-hydrogen) atoms. The molecular weight excluding hydrogens is 571 g/mol. The number of carbonyl (C=O) groups excluding carboxylic acids is 1. The second kappa shape index (κ2) is 11.8. The van der Waals surface area contributed by atoms with Gasteiger partial charge in [-0.25, -0.2) is 18.7 Å². The zero-order valence-corrected chi connectivity index (χ0v) is 25.0. The van der Waals surface area contributed by atoms with E-state index in [1.54, 1.807) is 23.2 Å². The molecule has 1 fully saturated rings. The summed E-state index contributed by atoms with van der Waals surface area (Å²) in [5, 5.41) is 13.2. The Bertz CT molecular complexity index is 1870. The Morgan fingerprint density at radius 3 is 2.72 bits per heavy atom. The fraction of sp³-hybridized carbons (Fsp3) is 0.290. The Balaban J connectivity index is 1.77. The van der Waals surface area contributed by atoms with Crippen molar-refractivity contribution in [1.82, 2.24) is 24.4 Å². The highest BCUT2D eigenvalue weighted by Crippen LogP contribution is 2.35. The van der Waals surface area contributed by atoms with Crippen LogP contribution in [0.5, 0.6) is 0 Å². The molecule has 0 spiro atoms. The van der Waals surface area contributed by atoms with E-state index in [4.69, 9.17) is 16.6 Å². The monoisotopic (exact) mass is 600 g/mol. The molecule has 12 heteroatoms. The number of fused-ring (bicyclic) bond motifs is 1. The van der Waals surface area contributed by atoms with E-state index in [9.17, 15) is 19.2 Å². The lowest BCUT2D eigenvalue weighted by molar-refractivity contribution is -0.126. The average Bonchev–Trinajstić information content (AvgIpc) is 2.97. The molecule has 1 saturated heterocycles. The number of nitriles is 1. The molecule has 3 aromatic heterocycles. The number of hydrogen-bond acceptors (Lipinski definition) is 8.